The summed E-state index contributed by atoms with van der Waals surface area (Å²) in [6.45, 7) is -0.267. The van der Waals surface area contributed by atoms with Crippen LogP contribution in [0, 0.1) is 17.8 Å². The molecule has 9 nitrogen and oxygen atoms in total. The third-order valence-corrected chi connectivity index (χ3v) is 7.92. The Morgan fingerprint density at radius 3 is 2.32 bits per heavy atom. The minimum absolute atomic E-state index is 0.0472. The third-order valence-electron chi connectivity index (χ3n) is 7.92. The van der Waals surface area contributed by atoms with Crippen LogP contribution in [0.4, 0.5) is 29.3 Å². The van der Waals surface area contributed by atoms with Gasteiger partial charge in [-0.1, -0.05) is 36.4 Å². The number of nitrogens with one attached hydrogen (secondary N) is 4. The molecule has 4 amide bonds. The first-order valence-electron chi connectivity index (χ1n) is 13.5. The number of hydrogen-bond acceptors (Lipinski definition) is 5. The average molecular weight is 573 g/mol. The first-order valence-corrected chi connectivity index (χ1v) is 13.5. The van der Waals surface area contributed by atoms with Crippen molar-refractivity contribution in [3.05, 3.63) is 59.7 Å². The standard InChI is InChI=1S/C29H31F3N4O5/c1-28(25(38)33-15-29(30,31)32)20-12-11-19(13-21(20)35-26(28)39)34-24(37)23(22(17-7-8-17)18-9-10-18)36-27(40)41-14-16-5-3-2-4-6-16/h2-6,11-13,17-18,22-23H,7-10,14-15H2,1H3,(H,33,38)(H,34,37)(H,35,39)(H,36,40)/t23-,28+/m0/s1. The molecule has 3 aliphatic rings. The zero-order valence-electron chi connectivity index (χ0n) is 22.3. The summed E-state index contributed by atoms with van der Waals surface area (Å²) in [4.78, 5) is 51.6. The summed E-state index contributed by atoms with van der Waals surface area (Å²) < 4.78 is 43.3. The summed E-state index contributed by atoms with van der Waals surface area (Å²) in [7, 11) is 0. The highest BCUT2D eigenvalue weighted by Crippen LogP contribution is 2.51. The molecule has 2 fully saturated rings. The Morgan fingerprint density at radius 2 is 1.71 bits per heavy atom. The van der Waals surface area contributed by atoms with Crippen LogP contribution in [0.3, 0.4) is 0 Å². The first-order chi connectivity index (χ1) is 19.5. The van der Waals surface area contributed by atoms with Gasteiger partial charge in [-0.15, -0.1) is 0 Å². The maximum Gasteiger partial charge on any atom is 0.408 e. The Labute approximate surface area is 234 Å². The molecule has 2 aromatic rings. The Bertz CT molecular complexity index is 1330. The van der Waals surface area contributed by atoms with Crippen molar-refractivity contribution in [2.24, 2.45) is 17.8 Å². The fourth-order valence-electron chi connectivity index (χ4n) is 5.45. The molecule has 2 aliphatic carbocycles. The van der Waals surface area contributed by atoms with Crippen molar-refractivity contribution < 1.29 is 37.1 Å². The highest BCUT2D eigenvalue weighted by atomic mass is 19.4. The normalized spacial score (nSPS) is 20.6. The Balaban J connectivity index is 1.30. The van der Waals surface area contributed by atoms with Gasteiger partial charge in [0.15, 0.2) is 5.41 Å². The average Bonchev–Trinajstić information content (AvgIpc) is 3.86. The van der Waals surface area contributed by atoms with Crippen molar-refractivity contribution in [2.45, 2.75) is 56.8 Å². The zero-order valence-corrected chi connectivity index (χ0v) is 22.3. The SMILES string of the molecule is C[C@@]1(C(=O)NCC(F)(F)F)C(=O)Nc2cc(NC(=O)[C@@H](NC(=O)OCc3ccccc3)C(C3CC3)C3CC3)ccc21. The number of carbonyl (C=O) groups excluding carboxylic acids is 4. The molecule has 5 rings (SSSR count). The van der Waals surface area contributed by atoms with Crippen molar-refractivity contribution >= 4 is 35.2 Å². The molecule has 0 spiro atoms. The number of benzene rings is 2. The van der Waals surface area contributed by atoms with E-state index in [4.69, 9.17) is 4.74 Å². The van der Waals surface area contributed by atoms with Gasteiger partial charge in [0.2, 0.25) is 17.7 Å². The Kier molecular flexibility index (Phi) is 7.67. The second-order valence-electron chi connectivity index (χ2n) is 11.1. The van der Waals surface area contributed by atoms with Gasteiger partial charge < -0.3 is 26.0 Å². The molecule has 2 atom stereocenters. The van der Waals surface area contributed by atoms with Gasteiger partial charge in [-0.3, -0.25) is 14.4 Å². The lowest BCUT2D eigenvalue weighted by molar-refractivity contribution is -0.144. The summed E-state index contributed by atoms with van der Waals surface area (Å²) in [6, 6.07) is 12.7. The van der Waals surface area contributed by atoms with Crippen LogP contribution in [0.2, 0.25) is 0 Å². The number of carbonyl (C=O) groups is 4. The lowest BCUT2D eigenvalue weighted by Crippen LogP contribution is -2.50. The van der Waals surface area contributed by atoms with Crippen LogP contribution in [0.5, 0.6) is 0 Å². The van der Waals surface area contributed by atoms with Crippen molar-refractivity contribution in [1.82, 2.24) is 10.6 Å². The minimum atomic E-state index is -4.63. The van der Waals surface area contributed by atoms with Gasteiger partial charge in [0.25, 0.3) is 0 Å². The number of rotatable bonds is 10. The van der Waals surface area contributed by atoms with Crippen molar-refractivity contribution in [3.63, 3.8) is 0 Å². The summed E-state index contributed by atoms with van der Waals surface area (Å²) in [5.74, 6) is -1.71. The predicted molar refractivity (Wildman–Crippen MR) is 143 cm³/mol. The van der Waals surface area contributed by atoms with E-state index < -0.39 is 48.0 Å². The second-order valence-corrected chi connectivity index (χ2v) is 11.1. The van der Waals surface area contributed by atoms with E-state index in [0.29, 0.717) is 17.5 Å². The molecule has 2 aromatic carbocycles. The highest BCUT2D eigenvalue weighted by Gasteiger charge is 2.50. The van der Waals surface area contributed by atoms with Gasteiger partial charge in [0.05, 0.1) is 0 Å². The number of anilines is 2. The van der Waals surface area contributed by atoms with Crippen LogP contribution in [0.15, 0.2) is 48.5 Å². The Hall–Kier alpha value is -4.09. The number of fused-ring (bicyclic) bond motifs is 1. The predicted octanol–water partition coefficient (Wildman–Crippen LogP) is 4.24. The van der Waals surface area contributed by atoms with E-state index >= 15 is 0 Å². The van der Waals surface area contributed by atoms with E-state index in [-0.39, 0.29) is 23.8 Å². The largest absolute Gasteiger partial charge is 0.445 e. The molecular weight excluding hydrogens is 541 g/mol. The summed E-state index contributed by atoms with van der Waals surface area (Å²) in [5.41, 5.74) is -0.385. The van der Waals surface area contributed by atoms with Gasteiger partial charge in [0, 0.05) is 16.9 Å². The molecule has 0 radical (unpaired) electrons. The third kappa shape index (κ3) is 6.47. The molecule has 0 unspecified atom stereocenters. The summed E-state index contributed by atoms with van der Waals surface area (Å²) in [5, 5.41) is 9.89. The lowest BCUT2D eigenvalue weighted by atomic mass is 9.82. The van der Waals surface area contributed by atoms with Gasteiger partial charge in [-0.25, -0.2) is 4.79 Å². The van der Waals surface area contributed by atoms with E-state index in [0.717, 1.165) is 31.2 Å². The van der Waals surface area contributed by atoms with Crippen LogP contribution in [0.25, 0.3) is 0 Å². The molecule has 41 heavy (non-hydrogen) atoms. The topological polar surface area (TPSA) is 126 Å². The van der Waals surface area contributed by atoms with Crippen LogP contribution >= 0.6 is 0 Å². The number of alkyl carbamates (subject to hydrolysis) is 1. The van der Waals surface area contributed by atoms with E-state index in [1.165, 1.54) is 25.1 Å². The van der Waals surface area contributed by atoms with Gasteiger partial charge in [0.1, 0.15) is 19.2 Å². The molecule has 0 aromatic heterocycles. The first kappa shape index (κ1) is 28.4. The number of alkyl halides is 3. The molecule has 0 saturated heterocycles. The second kappa shape index (κ2) is 11.1. The van der Waals surface area contributed by atoms with Gasteiger partial charge in [-0.2, -0.15) is 13.2 Å². The number of hydrogen-bond donors (Lipinski definition) is 4. The molecule has 1 aliphatic heterocycles. The summed E-state index contributed by atoms with van der Waals surface area (Å²) >= 11 is 0. The minimum Gasteiger partial charge on any atom is -0.445 e. The smallest absolute Gasteiger partial charge is 0.408 e. The molecule has 2 saturated carbocycles. The molecule has 0 bridgehead atoms. The van der Waals surface area contributed by atoms with Gasteiger partial charge >= 0.3 is 12.3 Å². The van der Waals surface area contributed by atoms with Crippen LogP contribution in [-0.2, 0) is 31.1 Å². The van der Waals surface area contributed by atoms with Crippen molar-refractivity contribution in [2.75, 3.05) is 17.2 Å². The number of amides is 4. The van der Waals surface area contributed by atoms with Crippen LogP contribution in [-0.4, -0.2) is 42.6 Å². The monoisotopic (exact) mass is 572 g/mol. The highest BCUT2D eigenvalue weighted by molar-refractivity contribution is 6.20. The van der Waals surface area contributed by atoms with E-state index in [9.17, 15) is 32.3 Å². The molecule has 1 heterocycles. The molecule has 12 heteroatoms. The van der Waals surface area contributed by atoms with E-state index in [1.54, 1.807) is 5.32 Å². The number of halogens is 3. The fraction of sp³-hybridized carbons (Fsp3) is 0.448. The molecule has 218 valence electrons. The van der Waals surface area contributed by atoms with Crippen LogP contribution in [0.1, 0.15) is 43.7 Å². The number of ether oxygens (including phenoxy) is 1. The van der Waals surface area contributed by atoms with Crippen molar-refractivity contribution in [1.29, 1.82) is 0 Å². The maximum atomic E-state index is 13.6. The zero-order chi connectivity index (χ0) is 29.4. The lowest BCUT2D eigenvalue weighted by Gasteiger charge is -2.27. The fourth-order valence-corrected chi connectivity index (χ4v) is 5.45. The van der Waals surface area contributed by atoms with E-state index in [1.807, 2.05) is 30.3 Å². The van der Waals surface area contributed by atoms with Gasteiger partial charge in [-0.05, 0) is 68.1 Å². The maximum absolute atomic E-state index is 13.6. The quantitative estimate of drug-likeness (QED) is 0.317. The van der Waals surface area contributed by atoms with Crippen LogP contribution < -0.4 is 21.3 Å². The molecule has 4 N–H and O–H groups in total. The van der Waals surface area contributed by atoms with E-state index in [2.05, 4.69) is 16.0 Å². The van der Waals surface area contributed by atoms with Crippen molar-refractivity contribution in [3.8, 4) is 0 Å². The Morgan fingerprint density at radius 1 is 1.05 bits per heavy atom. The summed E-state index contributed by atoms with van der Waals surface area (Å²) in [6.07, 6.45) is -1.42. The molecular formula is C29H31F3N4O5.